The smallest absolute Gasteiger partial charge is 0.407 e. The highest BCUT2D eigenvalue weighted by atomic mass is 16.6. The summed E-state index contributed by atoms with van der Waals surface area (Å²) < 4.78 is 20.9. The van der Waals surface area contributed by atoms with Crippen LogP contribution in [0.25, 0.3) is 0 Å². The zero-order chi connectivity index (χ0) is 45.3. The lowest BCUT2D eigenvalue weighted by molar-refractivity contribution is -0.140. The van der Waals surface area contributed by atoms with Gasteiger partial charge in [0.15, 0.2) is 0 Å². The molecule has 1 aliphatic carbocycles. The zero-order valence-electron chi connectivity index (χ0n) is 35.8. The summed E-state index contributed by atoms with van der Waals surface area (Å²) in [5.74, 6) is -4.43. The number of hydrogen-bond acceptors (Lipinski definition) is 15. The summed E-state index contributed by atoms with van der Waals surface area (Å²) in [6.45, 7) is 8.24. The number of carbonyl (C=O) groups excluding carboxylic acids is 3. The fourth-order valence-corrected chi connectivity index (χ4v) is 6.22. The van der Waals surface area contributed by atoms with E-state index >= 15 is 0 Å². The number of aliphatic carboxylic acids is 4. The van der Waals surface area contributed by atoms with E-state index in [1.807, 2.05) is 11.8 Å². The van der Waals surface area contributed by atoms with Gasteiger partial charge < -0.3 is 55.3 Å². The monoisotopic (exact) mass is 875 g/mol. The maximum atomic E-state index is 12.6. The first-order valence-corrected chi connectivity index (χ1v) is 20.7. The third-order valence-corrected chi connectivity index (χ3v) is 9.55. The summed E-state index contributed by atoms with van der Waals surface area (Å²) in [6.07, 6.45) is 8.24. The van der Waals surface area contributed by atoms with Gasteiger partial charge in [-0.25, -0.2) is 4.79 Å². The molecule has 0 unspecified atom stereocenters. The molecule has 7 N–H and O–H groups in total. The number of carbonyl (C=O) groups is 7. The number of hydrogen-bond donors (Lipinski definition) is 7. The molecule has 1 fully saturated rings. The lowest BCUT2D eigenvalue weighted by atomic mass is 9.78. The number of ether oxygens (including phenoxy) is 4. The fraction of sp³-hybridized carbons (Fsp3) is 0.769. The second kappa shape index (κ2) is 33.2. The minimum atomic E-state index is -1.02. The molecule has 1 heterocycles. The molecule has 0 bridgehead atoms. The van der Waals surface area contributed by atoms with Gasteiger partial charge in [-0.05, 0) is 39.0 Å². The average Bonchev–Trinajstić information content (AvgIpc) is 3.18. The third-order valence-electron chi connectivity index (χ3n) is 9.55. The predicted octanol–water partition coefficient (Wildman–Crippen LogP) is -0.912. The van der Waals surface area contributed by atoms with Gasteiger partial charge in [-0.3, -0.25) is 48.4 Å². The molecule has 1 saturated heterocycles. The maximum absolute atomic E-state index is 12.6. The molecular weight excluding hydrogens is 806 g/mol. The van der Waals surface area contributed by atoms with Crippen LogP contribution in [0.5, 0.6) is 0 Å². The standard InChI is InChI=1S/C27H50N6O12.C12H19NO3/c1-2-45-27(41)29-4-14-43-16-18-44-17-15-42-13-3-28-23(34)19-30-5-7-31(20-24(35)36)9-11-33(22-26(39)40)12-10-32(8-6-30)21-25(37)38;1-12(11(16)13-9-10(14)15)7-5-3-2-4-6-8-12/h2-22H2,1H3,(H,28,34)(H,29,41)(H,35,36)(H,37,38)(H,39,40);2-3H,4-9H2,1H3,(H,13,16)(H,14,15)/b;3-2+/t;12-/m.1/s1. The van der Waals surface area contributed by atoms with Crippen LogP contribution in [-0.4, -0.2) is 226 Å². The molecule has 350 valence electrons. The number of carboxylic acids is 4. The van der Waals surface area contributed by atoms with Crippen molar-refractivity contribution in [3.05, 3.63) is 12.2 Å². The molecule has 3 amide bonds. The summed E-state index contributed by atoms with van der Waals surface area (Å²) in [5.41, 5.74) is -0.416. The third kappa shape index (κ3) is 29.4. The second-order valence-corrected chi connectivity index (χ2v) is 14.7. The van der Waals surface area contributed by atoms with E-state index in [0.29, 0.717) is 98.5 Å². The first-order chi connectivity index (χ1) is 29.1. The largest absolute Gasteiger partial charge is 0.480 e. The van der Waals surface area contributed by atoms with Gasteiger partial charge in [-0.2, -0.15) is 0 Å². The molecule has 61 heavy (non-hydrogen) atoms. The summed E-state index contributed by atoms with van der Waals surface area (Å²) >= 11 is 0. The number of amides is 3. The van der Waals surface area contributed by atoms with Crippen molar-refractivity contribution < 1.29 is 72.9 Å². The number of nitrogens with one attached hydrogen (secondary N) is 3. The lowest BCUT2D eigenvalue weighted by Crippen LogP contribution is -2.50. The van der Waals surface area contributed by atoms with Crippen molar-refractivity contribution in [2.45, 2.75) is 46.0 Å². The quantitative estimate of drug-likeness (QED) is 0.0456. The lowest BCUT2D eigenvalue weighted by Gasteiger charge is -2.32. The minimum Gasteiger partial charge on any atom is -0.480 e. The Kier molecular flexibility index (Phi) is 29.7. The molecule has 0 aromatic rings. The number of rotatable bonds is 24. The molecule has 22 heteroatoms. The Labute approximate surface area is 357 Å². The Bertz CT molecular complexity index is 1330. The number of carboxylic acid groups (broad SMARTS) is 4. The summed E-state index contributed by atoms with van der Waals surface area (Å²) in [6, 6.07) is 0. The van der Waals surface area contributed by atoms with E-state index in [9.17, 15) is 48.9 Å². The molecule has 0 radical (unpaired) electrons. The molecule has 0 aromatic carbocycles. The first kappa shape index (κ1) is 54.6. The molecule has 0 aromatic heterocycles. The van der Waals surface area contributed by atoms with Crippen molar-refractivity contribution in [1.29, 1.82) is 0 Å². The normalized spacial score (nSPS) is 19.2. The van der Waals surface area contributed by atoms with Crippen molar-refractivity contribution in [1.82, 2.24) is 35.6 Å². The van der Waals surface area contributed by atoms with Gasteiger partial charge in [-0.15, -0.1) is 0 Å². The van der Waals surface area contributed by atoms with Gasteiger partial charge in [0, 0.05) is 70.9 Å². The highest BCUT2D eigenvalue weighted by molar-refractivity contribution is 5.85. The van der Waals surface area contributed by atoms with Crippen LogP contribution < -0.4 is 16.0 Å². The highest BCUT2D eigenvalue weighted by Gasteiger charge is 2.32. The van der Waals surface area contributed by atoms with Gasteiger partial charge in [0.1, 0.15) is 6.54 Å². The molecule has 22 nitrogen and oxygen atoms in total. The van der Waals surface area contributed by atoms with E-state index in [1.165, 1.54) is 0 Å². The van der Waals surface area contributed by atoms with Crippen LogP contribution in [0.15, 0.2) is 12.2 Å². The van der Waals surface area contributed by atoms with Crippen LogP contribution >= 0.6 is 0 Å². The Balaban J connectivity index is 0.000000966. The predicted molar refractivity (Wildman–Crippen MR) is 220 cm³/mol. The highest BCUT2D eigenvalue weighted by Crippen LogP contribution is 2.32. The molecule has 1 atom stereocenters. The zero-order valence-corrected chi connectivity index (χ0v) is 35.8. The van der Waals surface area contributed by atoms with Crippen LogP contribution in [-0.2, 0) is 47.7 Å². The summed E-state index contributed by atoms with van der Waals surface area (Å²) in [7, 11) is 0. The van der Waals surface area contributed by atoms with E-state index in [2.05, 4.69) is 28.1 Å². The molecule has 1 aliphatic heterocycles. The first-order valence-electron chi connectivity index (χ1n) is 20.7. The van der Waals surface area contributed by atoms with Gasteiger partial charge >= 0.3 is 30.0 Å². The molecule has 2 aliphatic rings. The van der Waals surface area contributed by atoms with E-state index in [1.54, 1.807) is 21.6 Å². The van der Waals surface area contributed by atoms with Gasteiger partial charge in [0.2, 0.25) is 11.8 Å². The van der Waals surface area contributed by atoms with E-state index < -0.39 is 35.4 Å². The minimum absolute atomic E-state index is 0.0331. The maximum Gasteiger partial charge on any atom is 0.407 e. The Hall–Kier alpha value is -4.45. The van der Waals surface area contributed by atoms with Crippen molar-refractivity contribution >= 4 is 41.8 Å². The average molecular weight is 876 g/mol. The van der Waals surface area contributed by atoms with E-state index in [4.69, 9.17) is 24.1 Å². The molecule has 0 spiro atoms. The Morgan fingerprint density at radius 1 is 0.557 bits per heavy atom. The number of allylic oxidation sites excluding steroid dienone is 2. The SMILES string of the molecule is CCOC(=O)NCCOCCOCCOCCNC(=O)CN1CCN(CC(=O)O)CCN(CC(=O)O)CCN(CC(=O)O)CC1.C[C@@]1(C(=O)NCC(=O)O)CC/C=C/CCC1. The van der Waals surface area contributed by atoms with Crippen LogP contribution in [0, 0.1) is 5.41 Å². The van der Waals surface area contributed by atoms with Gasteiger partial charge in [0.25, 0.3) is 0 Å². The molecular formula is C39H69N7O15. The van der Waals surface area contributed by atoms with Crippen LogP contribution in [0.1, 0.15) is 46.0 Å². The van der Waals surface area contributed by atoms with E-state index in [0.717, 1.165) is 32.1 Å². The fourth-order valence-electron chi connectivity index (χ4n) is 6.22. The topological polar surface area (TPSA) is 286 Å². The summed E-state index contributed by atoms with van der Waals surface area (Å²) in [4.78, 5) is 87.1. The van der Waals surface area contributed by atoms with Crippen LogP contribution in [0.4, 0.5) is 4.79 Å². The van der Waals surface area contributed by atoms with E-state index in [-0.39, 0.29) is 57.7 Å². The van der Waals surface area contributed by atoms with Crippen LogP contribution in [0.2, 0.25) is 0 Å². The van der Waals surface area contributed by atoms with Crippen molar-refractivity contribution in [2.24, 2.45) is 5.41 Å². The number of nitrogens with zero attached hydrogens (tertiary/aromatic N) is 4. The van der Waals surface area contributed by atoms with Crippen molar-refractivity contribution in [3.63, 3.8) is 0 Å². The number of alkyl carbamates (subject to hydrolysis) is 1. The van der Waals surface area contributed by atoms with Gasteiger partial charge in [-0.1, -0.05) is 19.1 Å². The summed E-state index contributed by atoms with van der Waals surface area (Å²) in [5, 5.41) is 44.3. The van der Waals surface area contributed by atoms with Gasteiger partial charge in [0.05, 0.1) is 72.4 Å². The Morgan fingerprint density at radius 3 is 1.43 bits per heavy atom. The molecule has 2 rings (SSSR count). The van der Waals surface area contributed by atoms with Crippen molar-refractivity contribution in [2.75, 3.05) is 144 Å². The second-order valence-electron chi connectivity index (χ2n) is 14.7. The van der Waals surface area contributed by atoms with Crippen molar-refractivity contribution in [3.8, 4) is 0 Å². The van der Waals surface area contributed by atoms with Crippen LogP contribution in [0.3, 0.4) is 0 Å². The Morgan fingerprint density at radius 2 is 0.984 bits per heavy atom. The molecule has 0 saturated carbocycles.